The average molecular weight is 488 g/mol. The number of carbonyl (C=O) groups is 2. The van der Waals surface area contributed by atoms with Crippen molar-refractivity contribution in [3.8, 4) is 5.69 Å². The van der Waals surface area contributed by atoms with Crippen LogP contribution in [0.4, 0.5) is 24.5 Å². The van der Waals surface area contributed by atoms with Crippen LogP contribution >= 0.6 is 0 Å². The van der Waals surface area contributed by atoms with Crippen molar-refractivity contribution in [2.24, 2.45) is 0 Å². The van der Waals surface area contributed by atoms with Crippen molar-refractivity contribution >= 4 is 23.3 Å². The van der Waals surface area contributed by atoms with Crippen molar-refractivity contribution in [1.82, 2.24) is 9.78 Å². The van der Waals surface area contributed by atoms with Gasteiger partial charge in [-0.3, -0.25) is 4.79 Å². The van der Waals surface area contributed by atoms with E-state index >= 15 is 0 Å². The van der Waals surface area contributed by atoms with Crippen molar-refractivity contribution < 1.29 is 32.2 Å². The Kier molecular flexibility index (Phi) is 7.06. The third kappa shape index (κ3) is 5.46. The number of nitrogens with one attached hydrogen (secondary N) is 1. The molecule has 2 aromatic carbocycles. The molecule has 0 radical (unpaired) electrons. The molecule has 1 N–H and O–H groups in total. The topological polar surface area (TPSA) is 85.7 Å². The maximum atomic E-state index is 13.7. The summed E-state index contributed by atoms with van der Waals surface area (Å²) in [5, 5.41) is 6.46. The third-order valence-electron chi connectivity index (χ3n) is 5.41. The van der Waals surface area contributed by atoms with Crippen LogP contribution in [0.1, 0.15) is 33.3 Å². The zero-order chi connectivity index (χ0) is 25.0. The summed E-state index contributed by atoms with van der Waals surface area (Å²) in [6, 6.07) is 12.8. The Balaban J connectivity index is 1.48. The Labute approximate surface area is 199 Å². The van der Waals surface area contributed by atoms with Gasteiger partial charge < -0.3 is 19.7 Å². The number of morpholine rings is 1. The zero-order valence-corrected chi connectivity index (χ0v) is 18.8. The van der Waals surface area contributed by atoms with Gasteiger partial charge >= 0.3 is 12.1 Å². The Hall–Kier alpha value is -3.86. The number of ether oxygens (including phenoxy) is 2. The van der Waals surface area contributed by atoms with Gasteiger partial charge in [0.15, 0.2) is 5.69 Å². The number of aromatic nitrogens is 2. The predicted octanol–water partition coefficient (Wildman–Crippen LogP) is 4.16. The Morgan fingerprint density at radius 2 is 1.66 bits per heavy atom. The zero-order valence-electron chi connectivity index (χ0n) is 18.8. The maximum Gasteiger partial charge on any atom is 0.434 e. The molecule has 0 atom stereocenters. The van der Waals surface area contributed by atoms with Gasteiger partial charge in [0.05, 0.1) is 31.7 Å². The van der Waals surface area contributed by atoms with Crippen molar-refractivity contribution in [2.75, 3.05) is 43.1 Å². The van der Waals surface area contributed by atoms with Crippen LogP contribution in [0.5, 0.6) is 0 Å². The second-order valence-corrected chi connectivity index (χ2v) is 7.68. The molecule has 11 heteroatoms. The van der Waals surface area contributed by atoms with E-state index < -0.39 is 23.4 Å². The summed E-state index contributed by atoms with van der Waals surface area (Å²) in [6.45, 7) is 4.32. The summed E-state index contributed by atoms with van der Waals surface area (Å²) in [5.41, 5.74) is 0.00102. The quantitative estimate of drug-likeness (QED) is 0.525. The predicted molar refractivity (Wildman–Crippen MR) is 122 cm³/mol. The number of benzene rings is 2. The van der Waals surface area contributed by atoms with Gasteiger partial charge in [0, 0.05) is 30.0 Å². The minimum Gasteiger partial charge on any atom is -0.462 e. The molecule has 1 aliphatic heterocycles. The maximum absolute atomic E-state index is 13.7. The van der Waals surface area contributed by atoms with Crippen LogP contribution in [-0.4, -0.2) is 54.6 Å². The molecule has 2 heterocycles. The van der Waals surface area contributed by atoms with Crippen LogP contribution in [0.2, 0.25) is 0 Å². The van der Waals surface area contributed by atoms with Gasteiger partial charge in [-0.25, -0.2) is 9.48 Å². The van der Waals surface area contributed by atoms with E-state index in [-0.39, 0.29) is 18.2 Å². The van der Waals surface area contributed by atoms with Crippen LogP contribution in [0.3, 0.4) is 0 Å². The molecule has 4 rings (SSSR count). The second-order valence-electron chi connectivity index (χ2n) is 7.68. The van der Waals surface area contributed by atoms with E-state index in [9.17, 15) is 22.8 Å². The van der Waals surface area contributed by atoms with Gasteiger partial charge in [0.25, 0.3) is 5.91 Å². The number of amides is 1. The first-order valence-corrected chi connectivity index (χ1v) is 10.9. The molecule has 0 spiro atoms. The number of carbonyl (C=O) groups excluding carboxylic acids is 2. The Morgan fingerprint density at radius 1 is 1.03 bits per heavy atom. The molecule has 8 nitrogen and oxygen atoms in total. The second kappa shape index (κ2) is 10.2. The molecular formula is C24H23F3N4O4. The fraction of sp³-hybridized carbons (Fsp3) is 0.292. The summed E-state index contributed by atoms with van der Waals surface area (Å²) in [7, 11) is 0. The number of anilines is 2. The highest BCUT2D eigenvalue weighted by Crippen LogP contribution is 2.34. The van der Waals surface area contributed by atoms with E-state index in [1.165, 1.54) is 31.2 Å². The minimum absolute atomic E-state index is 0.0638. The lowest BCUT2D eigenvalue weighted by Crippen LogP contribution is -2.36. The lowest BCUT2D eigenvalue weighted by Gasteiger charge is -2.28. The number of esters is 1. The Bertz CT molecular complexity index is 1180. The summed E-state index contributed by atoms with van der Waals surface area (Å²) in [6.07, 6.45) is -4.00. The van der Waals surface area contributed by atoms with Gasteiger partial charge in [-0.2, -0.15) is 18.3 Å². The van der Waals surface area contributed by atoms with Gasteiger partial charge in [-0.1, -0.05) is 0 Å². The van der Waals surface area contributed by atoms with E-state index in [4.69, 9.17) is 9.47 Å². The summed E-state index contributed by atoms with van der Waals surface area (Å²) in [4.78, 5) is 26.7. The first-order chi connectivity index (χ1) is 16.8. The van der Waals surface area contributed by atoms with E-state index in [0.29, 0.717) is 29.1 Å². The number of rotatable bonds is 6. The summed E-state index contributed by atoms with van der Waals surface area (Å²) in [5.74, 6) is -1.46. The highest BCUT2D eigenvalue weighted by Gasteiger charge is 2.41. The fourth-order valence-electron chi connectivity index (χ4n) is 3.71. The fourth-order valence-corrected chi connectivity index (χ4v) is 3.71. The molecule has 35 heavy (non-hydrogen) atoms. The molecular weight excluding hydrogens is 465 g/mol. The van der Waals surface area contributed by atoms with Crippen LogP contribution in [0.15, 0.2) is 54.7 Å². The van der Waals surface area contributed by atoms with Crippen LogP contribution in [0, 0.1) is 0 Å². The van der Waals surface area contributed by atoms with E-state index in [0.717, 1.165) is 25.0 Å². The molecule has 0 bridgehead atoms. The first-order valence-electron chi connectivity index (χ1n) is 10.9. The van der Waals surface area contributed by atoms with Crippen molar-refractivity contribution in [3.63, 3.8) is 0 Å². The molecule has 3 aromatic rings. The van der Waals surface area contributed by atoms with Crippen LogP contribution < -0.4 is 10.2 Å². The lowest BCUT2D eigenvalue weighted by atomic mass is 10.1. The van der Waals surface area contributed by atoms with Gasteiger partial charge in [-0.05, 0) is 55.5 Å². The number of halogens is 3. The molecule has 1 amide bonds. The standard InChI is InChI=1S/C24H23F3N4O4/c1-2-35-23(33)20-15-28-31(21(20)24(25,26)27)19-9-5-17(6-10-19)29-22(32)16-3-7-18(8-4-16)30-11-13-34-14-12-30/h3-10,15H,2,11-14H2,1H3,(H,29,32). The molecule has 1 saturated heterocycles. The highest BCUT2D eigenvalue weighted by molar-refractivity contribution is 6.04. The third-order valence-corrected chi connectivity index (χ3v) is 5.41. The average Bonchev–Trinajstić information content (AvgIpc) is 3.32. The Morgan fingerprint density at radius 3 is 2.26 bits per heavy atom. The largest absolute Gasteiger partial charge is 0.462 e. The summed E-state index contributed by atoms with van der Waals surface area (Å²) >= 11 is 0. The number of hydrogen-bond acceptors (Lipinski definition) is 6. The van der Waals surface area contributed by atoms with Gasteiger partial charge in [0.2, 0.25) is 0 Å². The normalized spacial score (nSPS) is 14.0. The molecule has 0 aliphatic carbocycles. The monoisotopic (exact) mass is 488 g/mol. The number of alkyl halides is 3. The number of hydrogen-bond donors (Lipinski definition) is 1. The van der Waals surface area contributed by atoms with E-state index in [2.05, 4.69) is 15.3 Å². The SMILES string of the molecule is CCOC(=O)c1cnn(-c2ccc(NC(=O)c3ccc(N4CCOCC4)cc3)cc2)c1C(F)(F)F. The smallest absolute Gasteiger partial charge is 0.434 e. The number of nitrogens with zero attached hydrogens (tertiary/aromatic N) is 3. The van der Waals surface area contributed by atoms with E-state index in [1.54, 1.807) is 12.1 Å². The van der Waals surface area contributed by atoms with Gasteiger partial charge in [0.1, 0.15) is 5.56 Å². The molecule has 1 fully saturated rings. The van der Waals surface area contributed by atoms with Crippen LogP contribution in [-0.2, 0) is 15.7 Å². The molecule has 0 saturated carbocycles. The van der Waals surface area contributed by atoms with Crippen LogP contribution in [0.25, 0.3) is 5.69 Å². The minimum atomic E-state index is -4.83. The van der Waals surface area contributed by atoms with Crippen molar-refractivity contribution in [3.05, 3.63) is 71.5 Å². The molecule has 1 aliphatic rings. The molecule has 1 aromatic heterocycles. The van der Waals surface area contributed by atoms with Crippen molar-refractivity contribution in [2.45, 2.75) is 13.1 Å². The molecule has 0 unspecified atom stereocenters. The first kappa shape index (κ1) is 24.3. The van der Waals surface area contributed by atoms with Gasteiger partial charge in [-0.15, -0.1) is 0 Å². The molecule has 184 valence electrons. The van der Waals surface area contributed by atoms with E-state index in [1.807, 2.05) is 12.1 Å². The van der Waals surface area contributed by atoms with Crippen molar-refractivity contribution in [1.29, 1.82) is 0 Å². The summed E-state index contributed by atoms with van der Waals surface area (Å²) < 4.78 is 51.7. The highest BCUT2D eigenvalue weighted by atomic mass is 19.4. The lowest BCUT2D eigenvalue weighted by molar-refractivity contribution is -0.143.